The largest absolute Gasteiger partial charge is 0.352 e. The highest BCUT2D eigenvalue weighted by molar-refractivity contribution is 5.78. The molecule has 0 bridgehead atoms. The van der Waals surface area contributed by atoms with Crippen LogP contribution >= 0.6 is 0 Å². The van der Waals surface area contributed by atoms with Gasteiger partial charge in [-0.1, -0.05) is 19.3 Å². The van der Waals surface area contributed by atoms with Crippen molar-refractivity contribution in [2.45, 2.75) is 44.6 Å². The van der Waals surface area contributed by atoms with Gasteiger partial charge in [0.05, 0.1) is 6.54 Å². The van der Waals surface area contributed by atoms with E-state index < -0.39 is 0 Å². The van der Waals surface area contributed by atoms with Crippen LogP contribution in [0.25, 0.3) is 0 Å². The molecule has 1 aliphatic carbocycles. The summed E-state index contributed by atoms with van der Waals surface area (Å²) in [5, 5.41) is 3.17. The van der Waals surface area contributed by atoms with E-state index in [0.717, 1.165) is 38.9 Å². The minimum atomic E-state index is 0.203. The van der Waals surface area contributed by atoms with Crippen LogP contribution in [0.3, 0.4) is 0 Å². The summed E-state index contributed by atoms with van der Waals surface area (Å²) < 4.78 is 0. The van der Waals surface area contributed by atoms with Gasteiger partial charge < -0.3 is 11.1 Å². The number of hydrogen-bond donors (Lipinski definition) is 2. The number of amides is 1. The van der Waals surface area contributed by atoms with Gasteiger partial charge in [0.25, 0.3) is 0 Å². The molecule has 98 valence electrons. The fourth-order valence-corrected chi connectivity index (χ4v) is 2.97. The molecule has 17 heavy (non-hydrogen) atoms. The van der Waals surface area contributed by atoms with E-state index >= 15 is 0 Å². The Balaban J connectivity index is 1.66. The number of rotatable bonds is 4. The number of nitrogens with one attached hydrogen (secondary N) is 1. The highest BCUT2D eigenvalue weighted by Crippen LogP contribution is 2.18. The van der Waals surface area contributed by atoms with Crippen LogP contribution in [0.5, 0.6) is 0 Å². The second-order valence-corrected chi connectivity index (χ2v) is 5.53. The molecule has 1 atom stereocenters. The molecule has 0 spiro atoms. The molecular weight excluding hydrogens is 214 g/mol. The summed E-state index contributed by atoms with van der Waals surface area (Å²) in [4.78, 5) is 14.1. The molecule has 4 nitrogen and oxygen atoms in total. The first-order chi connectivity index (χ1) is 8.28. The van der Waals surface area contributed by atoms with Crippen molar-refractivity contribution in [2.24, 2.45) is 11.7 Å². The van der Waals surface area contributed by atoms with Gasteiger partial charge >= 0.3 is 0 Å². The van der Waals surface area contributed by atoms with Gasteiger partial charge in [0, 0.05) is 12.6 Å². The van der Waals surface area contributed by atoms with Crippen LogP contribution in [0.4, 0.5) is 0 Å². The molecule has 1 heterocycles. The Bertz CT molecular complexity index is 251. The lowest BCUT2D eigenvalue weighted by molar-refractivity contribution is -0.122. The summed E-state index contributed by atoms with van der Waals surface area (Å²) in [6, 6.07) is 0.434. The third-order valence-corrected chi connectivity index (χ3v) is 4.04. The quantitative estimate of drug-likeness (QED) is 0.760. The monoisotopic (exact) mass is 239 g/mol. The van der Waals surface area contributed by atoms with Gasteiger partial charge in [-0.05, 0) is 38.3 Å². The molecular formula is C13H25N3O. The Hall–Kier alpha value is -0.610. The van der Waals surface area contributed by atoms with Gasteiger partial charge in [-0.15, -0.1) is 0 Å². The summed E-state index contributed by atoms with van der Waals surface area (Å²) in [7, 11) is 0. The van der Waals surface area contributed by atoms with Gasteiger partial charge in [0.15, 0.2) is 0 Å². The van der Waals surface area contributed by atoms with Crippen LogP contribution in [-0.2, 0) is 4.79 Å². The van der Waals surface area contributed by atoms with E-state index in [9.17, 15) is 4.79 Å². The van der Waals surface area contributed by atoms with Crippen LogP contribution in [0, 0.1) is 5.92 Å². The van der Waals surface area contributed by atoms with Crippen molar-refractivity contribution >= 4 is 5.91 Å². The first-order valence-electron chi connectivity index (χ1n) is 6.99. The van der Waals surface area contributed by atoms with Crippen molar-refractivity contribution in [1.29, 1.82) is 0 Å². The predicted molar refractivity (Wildman–Crippen MR) is 68.6 cm³/mol. The zero-order valence-corrected chi connectivity index (χ0v) is 10.7. The maximum Gasteiger partial charge on any atom is 0.234 e. The SMILES string of the molecule is NCC1CCN(CC(=O)NC2CCCCC2)C1. The van der Waals surface area contributed by atoms with E-state index in [1.54, 1.807) is 0 Å². The molecule has 0 radical (unpaired) electrons. The molecule has 0 aromatic carbocycles. The first kappa shape index (κ1) is 12.8. The number of nitrogens with two attached hydrogens (primary N) is 1. The molecule has 1 amide bonds. The van der Waals surface area contributed by atoms with E-state index in [1.165, 1.54) is 19.3 Å². The van der Waals surface area contributed by atoms with Crippen molar-refractivity contribution in [2.75, 3.05) is 26.2 Å². The Labute approximate surface area is 104 Å². The van der Waals surface area contributed by atoms with Crippen molar-refractivity contribution in [3.8, 4) is 0 Å². The van der Waals surface area contributed by atoms with Gasteiger partial charge in [0.1, 0.15) is 0 Å². The van der Waals surface area contributed by atoms with Crippen LogP contribution in [-0.4, -0.2) is 43.0 Å². The lowest BCUT2D eigenvalue weighted by Gasteiger charge is -2.24. The van der Waals surface area contributed by atoms with E-state index in [1.807, 2.05) is 0 Å². The molecule has 4 heteroatoms. The zero-order valence-electron chi connectivity index (χ0n) is 10.7. The lowest BCUT2D eigenvalue weighted by Crippen LogP contribution is -2.42. The first-order valence-corrected chi connectivity index (χ1v) is 6.99. The van der Waals surface area contributed by atoms with Gasteiger partial charge in [0.2, 0.25) is 5.91 Å². The summed E-state index contributed by atoms with van der Waals surface area (Å²) >= 11 is 0. The fraction of sp³-hybridized carbons (Fsp3) is 0.923. The minimum absolute atomic E-state index is 0.203. The number of carbonyl (C=O) groups excluding carboxylic acids is 1. The topological polar surface area (TPSA) is 58.4 Å². The molecule has 2 rings (SSSR count). The van der Waals surface area contributed by atoms with E-state index in [2.05, 4.69) is 10.2 Å². The van der Waals surface area contributed by atoms with Gasteiger partial charge in [-0.2, -0.15) is 0 Å². The molecule has 2 aliphatic rings. The predicted octanol–water partition coefficient (Wildman–Crippen LogP) is 0.716. The van der Waals surface area contributed by atoms with Crippen LogP contribution < -0.4 is 11.1 Å². The van der Waals surface area contributed by atoms with Crippen LogP contribution in [0.2, 0.25) is 0 Å². The minimum Gasteiger partial charge on any atom is -0.352 e. The van der Waals surface area contributed by atoms with Crippen LogP contribution in [0.15, 0.2) is 0 Å². The smallest absolute Gasteiger partial charge is 0.234 e. The van der Waals surface area contributed by atoms with E-state index in [-0.39, 0.29) is 5.91 Å². The molecule has 1 saturated heterocycles. The highest BCUT2D eigenvalue weighted by Gasteiger charge is 2.24. The maximum absolute atomic E-state index is 11.9. The average molecular weight is 239 g/mol. The lowest BCUT2D eigenvalue weighted by atomic mass is 9.95. The number of nitrogens with zero attached hydrogens (tertiary/aromatic N) is 1. The van der Waals surface area contributed by atoms with Crippen molar-refractivity contribution in [3.63, 3.8) is 0 Å². The molecule has 0 aromatic rings. The summed E-state index contributed by atoms with van der Waals surface area (Å²) in [6.45, 7) is 3.34. The summed E-state index contributed by atoms with van der Waals surface area (Å²) in [5.74, 6) is 0.798. The average Bonchev–Trinajstić information content (AvgIpc) is 2.78. The molecule has 1 saturated carbocycles. The second kappa shape index (κ2) is 6.36. The highest BCUT2D eigenvalue weighted by atomic mass is 16.2. The van der Waals surface area contributed by atoms with E-state index in [4.69, 9.17) is 5.73 Å². The third-order valence-electron chi connectivity index (χ3n) is 4.04. The van der Waals surface area contributed by atoms with Crippen molar-refractivity contribution in [3.05, 3.63) is 0 Å². The second-order valence-electron chi connectivity index (χ2n) is 5.53. The molecule has 1 unspecified atom stereocenters. The molecule has 2 fully saturated rings. The molecule has 0 aromatic heterocycles. The van der Waals surface area contributed by atoms with Gasteiger partial charge in [-0.25, -0.2) is 0 Å². The van der Waals surface area contributed by atoms with Crippen molar-refractivity contribution in [1.82, 2.24) is 10.2 Å². The molecule has 1 aliphatic heterocycles. The Morgan fingerprint density at radius 2 is 2.00 bits per heavy atom. The Morgan fingerprint density at radius 3 is 2.65 bits per heavy atom. The van der Waals surface area contributed by atoms with E-state index in [0.29, 0.717) is 18.5 Å². The third kappa shape index (κ3) is 3.96. The normalized spacial score (nSPS) is 27.2. The maximum atomic E-state index is 11.9. The number of hydrogen-bond acceptors (Lipinski definition) is 3. The van der Waals surface area contributed by atoms with Crippen LogP contribution in [0.1, 0.15) is 38.5 Å². The number of carbonyl (C=O) groups is 1. The standard InChI is InChI=1S/C13H25N3O/c14-8-11-6-7-16(9-11)10-13(17)15-12-4-2-1-3-5-12/h11-12H,1-10,14H2,(H,15,17). The summed E-state index contributed by atoms with van der Waals surface area (Å²) in [6.07, 6.45) is 7.34. The number of likely N-dealkylation sites (tertiary alicyclic amines) is 1. The Morgan fingerprint density at radius 1 is 1.24 bits per heavy atom. The fourth-order valence-electron chi connectivity index (χ4n) is 2.97. The van der Waals surface area contributed by atoms with Crippen molar-refractivity contribution < 1.29 is 4.79 Å². The molecule has 3 N–H and O–H groups in total. The van der Waals surface area contributed by atoms with Gasteiger partial charge in [-0.3, -0.25) is 9.69 Å². The zero-order chi connectivity index (χ0) is 12.1. The summed E-state index contributed by atoms with van der Waals surface area (Å²) in [5.41, 5.74) is 5.65. The Kier molecular flexibility index (Phi) is 4.80.